The summed E-state index contributed by atoms with van der Waals surface area (Å²) in [7, 11) is 0. The molecular formula is C31H22O. The molecule has 1 nitrogen and oxygen atoms in total. The second-order valence-corrected chi connectivity index (χ2v) is 8.36. The van der Waals surface area contributed by atoms with Crippen molar-refractivity contribution in [1.82, 2.24) is 0 Å². The molecule has 0 bridgehead atoms. The number of aromatic hydroxyl groups is 1. The molecule has 0 saturated heterocycles. The first-order valence-electron chi connectivity index (χ1n) is 10.8. The van der Waals surface area contributed by atoms with E-state index in [9.17, 15) is 5.11 Å². The minimum Gasteiger partial charge on any atom is -0.508 e. The smallest absolute Gasteiger partial charge is 0.116 e. The summed E-state index contributed by atoms with van der Waals surface area (Å²) in [6.07, 6.45) is 3.97. The van der Waals surface area contributed by atoms with Gasteiger partial charge in [0.25, 0.3) is 0 Å². The third kappa shape index (κ3) is 2.18. The van der Waals surface area contributed by atoms with E-state index in [1.54, 1.807) is 6.07 Å². The lowest BCUT2D eigenvalue weighted by atomic mass is 9.69. The normalized spacial score (nSPS) is 17.8. The molecule has 0 heterocycles. The molecule has 0 aliphatic heterocycles. The molecule has 6 rings (SSSR count). The van der Waals surface area contributed by atoms with Crippen LogP contribution in [0, 0.1) is 0 Å². The molecule has 0 radical (unpaired) electrons. The van der Waals surface area contributed by atoms with Crippen LogP contribution in [-0.4, -0.2) is 5.11 Å². The highest BCUT2D eigenvalue weighted by Gasteiger charge is 2.52. The second kappa shape index (κ2) is 6.70. The zero-order valence-corrected chi connectivity index (χ0v) is 17.7. The lowest BCUT2D eigenvalue weighted by Gasteiger charge is -2.31. The third-order valence-electron chi connectivity index (χ3n) is 6.95. The van der Waals surface area contributed by atoms with Gasteiger partial charge in [-0.05, 0) is 67.8 Å². The Bertz CT molecular complexity index is 1470. The average Bonchev–Trinajstić information content (AvgIpc) is 3.30. The van der Waals surface area contributed by atoms with E-state index in [0.29, 0.717) is 0 Å². The molecule has 1 spiro atoms. The topological polar surface area (TPSA) is 20.2 Å². The van der Waals surface area contributed by atoms with Gasteiger partial charge in [-0.2, -0.15) is 0 Å². The summed E-state index contributed by atoms with van der Waals surface area (Å²) in [6, 6.07) is 31.3. The monoisotopic (exact) mass is 410 g/mol. The number of fused-ring (bicyclic) bond motifs is 7. The van der Waals surface area contributed by atoms with Crippen LogP contribution in [0.1, 0.15) is 22.3 Å². The van der Waals surface area contributed by atoms with Gasteiger partial charge in [-0.3, -0.25) is 0 Å². The summed E-state index contributed by atoms with van der Waals surface area (Å²) in [5.74, 6) is 0.271. The maximum Gasteiger partial charge on any atom is 0.116 e. The van der Waals surface area contributed by atoms with Gasteiger partial charge in [-0.1, -0.05) is 104 Å². The first-order valence-corrected chi connectivity index (χ1v) is 10.8. The lowest BCUT2D eigenvalue weighted by molar-refractivity contribution is 0.475. The van der Waals surface area contributed by atoms with Gasteiger partial charge in [0, 0.05) is 0 Å². The largest absolute Gasteiger partial charge is 0.508 e. The summed E-state index contributed by atoms with van der Waals surface area (Å²) < 4.78 is 0. The molecule has 1 N–H and O–H groups in total. The number of hydrogen-bond acceptors (Lipinski definition) is 1. The van der Waals surface area contributed by atoms with Gasteiger partial charge in [0.15, 0.2) is 0 Å². The van der Waals surface area contributed by atoms with E-state index >= 15 is 0 Å². The molecule has 1 unspecified atom stereocenters. The fraction of sp³-hybridized carbons (Fsp3) is 0.0323. The van der Waals surface area contributed by atoms with Crippen molar-refractivity contribution in [3.8, 4) is 28.0 Å². The number of rotatable bonds is 3. The molecule has 0 amide bonds. The second-order valence-electron chi connectivity index (χ2n) is 8.36. The third-order valence-corrected chi connectivity index (χ3v) is 6.95. The van der Waals surface area contributed by atoms with E-state index in [2.05, 4.69) is 86.0 Å². The summed E-state index contributed by atoms with van der Waals surface area (Å²) >= 11 is 0. The van der Waals surface area contributed by atoms with E-state index in [1.165, 1.54) is 39.0 Å². The predicted molar refractivity (Wildman–Crippen MR) is 133 cm³/mol. The Hall–Kier alpha value is -4.10. The molecule has 1 heteroatoms. The Morgan fingerprint density at radius 2 is 1.25 bits per heavy atom. The Morgan fingerprint density at radius 3 is 1.97 bits per heavy atom. The summed E-state index contributed by atoms with van der Waals surface area (Å²) in [4.78, 5) is 0. The fourth-order valence-electron chi connectivity index (χ4n) is 5.84. The number of hydrogen-bond donors (Lipinski definition) is 1. The van der Waals surface area contributed by atoms with Gasteiger partial charge in [-0.15, -0.1) is 0 Å². The van der Waals surface area contributed by atoms with Gasteiger partial charge in [0.2, 0.25) is 0 Å². The molecule has 0 saturated carbocycles. The van der Waals surface area contributed by atoms with Crippen molar-refractivity contribution < 1.29 is 5.11 Å². The zero-order chi connectivity index (χ0) is 21.9. The maximum atomic E-state index is 10.2. The predicted octanol–water partition coefficient (Wildman–Crippen LogP) is 7.51. The first kappa shape index (κ1) is 18.7. The zero-order valence-electron chi connectivity index (χ0n) is 17.7. The highest BCUT2D eigenvalue weighted by Crippen LogP contribution is 2.63. The summed E-state index contributed by atoms with van der Waals surface area (Å²) in [5.41, 5.74) is 11.4. The Morgan fingerprint density at radius 1 is 0.625 bits per heavy atom. The average molecular weight is 411 g/mol. The van der Waals surface area contributed by atoms with Crippen LogP contribution in [-0.2, 0) is 5.41 Å². The molecule has 32 heavy (non-hydrogen) atoms. The van der Waals surface area contributed by atoms with Crippen LogP contribution in [0.2, 0.25) is 0 Å². The van der Waals surface area contributed by atoms with Crippen LogP contribution in [0.3, 0.4) is 0 Å². The Labute approximate surface area is 188 Å². The fourth-order valence-corrected chi connectivity index (χ4v) is 5.84. The molecule has 0 fully saturated rings. The number of phenols is 1. The van der Waals surface area contributed by atoms with Gasteiger partial charge in [0.05, 0.1) is 5.41 Å². The van der Waals surface area contributed by atoms with Gasteiger partial charge in [-0.25, -0.2) is 0 Å². The van der Waals surface area contributed by atoms with Crippen LogP contribution in [0.15, 0.2) is 122 Å². The molecule has 0 aromatic heterocycles. The SMILES string of the molecule is C=CC1=C(C=C)C2(c3ccccc31)c1ccccc1-c1c(-c3cccc(O)c3)cccc12. The number of phenolic OH excluding ortho intramolecular Hbond substituents is 1. The minimum absolute atomic E-state index is 0.271. The van der Waals surface area contributed by atoms with E-state index in [-0.39, 0.29) is 5.75 Å². The van der Waals surface area contributed by atoms with Crippen molar-refractivity contribution in [3.63, 3.8) is 0 Å². The van der Waals surface area contributed by atoms with Crippen molar-refractivity contribution in [2.45, 2.75) is 5.41 Å². The van der Waals surface area contributed by atoms with E-state index in [4.69, 9.17) is 0 Å². The maximum absolute atomic E-state index is 10.2. The quantitative estimate of drug-likeness (QED) is 0.370. The van der Waals surface area contributed by atoms with Crippen LogP contribution in [0.4, 0.5) is 0 Å². The molecule has 4 aromatic carbocycles. The van der Waals surface area contributed by atoms with Crippen molar-refractivity contribution in [3.05, 3.63) is 144 Å². The molecule has 4 aromatic rings. The molecule has 2 aliphatic rings. The first-order chi connectivity index (χ1) is 15.7. The summed E-state index contributed by atoms with van der Waals surface area (Å²) in [6.45, 7) is 8.39. The minimum atomic E-state index is -0.430. The Balaban J connectivity index is 1.80. The molecule has 1 atom stereocenters. The number of benzene rings is 4. The van der Waals surface area contributed by atoms with Crippen molar-refractivity contribution in [1.29, 1.82) is 0 Å². The van der Waals surface area contributed by atoms with Gasteiger partial charge in [0.1, 0.15) is 5.75 Å². The highest BCUT2D eigenvalue weighted by molar-refractivity contribution is 6.01. The van der Waals surface area contributed by atoms with Gasteiger partial charge >= 0.3 is 0 Å². The van der Waals surface area contributed by atoms with Crippen LogP contribution in [0.25, 0.3) is 27.8 Å². The van der Waals surface area contributed by atoms with Crippen molar-refractivity contribution >= 4 is 5.57 Å². The molecule has 2 aliphatic carbocycles. The van der Waals surface area contributed by atoms with Crippen molar-refractivity contribution in [2.75, 3.05) is 0 Å². The van der Waals surface area contributed by atoms with E-state index in [1.807, 2.05) is 24.3 Å². The lowest BCUT2D eigenvalue weighted by Crippen LogP contribution is -2.26. The molecule has 152 valence electrons. The van der Waals surface area contributed by atoms with Crippen LogP contribution < -0.4 is 0 Å². The number of allylic oxidation sites excluding steroid dienone is 4. The van der Waals surface area contributed by atoms with E-state index in [0.717, 1.165) is 16.7 Å². The van der Waals surface area contributed by atoms with Crippen molar-refractivity contribution in [2.24, 2.45) is 0 Å². The highest BCUT2D eigenvalue weighted by atomic mass is 16.3. The van der Waals surface area contributed by atoms with E-state index < -0.39 is 5.41 Å². The van der Waals surface area contributed by atoms with Crippen LogP contribution >= 0.6 is 0 Å². The molecular weight excluding hydrogens is 388 g/mol. The Kier molecular flexibility index (Phi) is 3.90. The standard InChI is InChI=1S/C31H22O/c1-3-22-24-13-5-7-16-27(24)31(26(22)4-2)28-17-8-6-14-25(28)30-23(15-10-18-29(30)31)20-11-9-12-21(32)19-20/h3-19,32H,1-2H2. The summed E-state index contributed by atoms with van der Waals surface area (Å²) in [5, 5.41) is 10.2. The van der Waals surface area contributed by atoms with Gasteiger partial charge < -0.3 is 5.11 Å². The van der Waals surface area contributed by atoms with Crippen LogP contribution in [0.5, 0.6) is 5.75 Å².